The molecule has 1 fully saturated rings. The lowest BCUT2D eigenvalue weighted by Gasteiger charge is -2.36. The second-order valence-electron chi connectivity index (χ2n) is 5.89. The van der Waals surface area contributed by atoms with Gasteiger partial charge in [-0.15, -0.1) is 0 Å². The summed E-state index contributed by atoms with van der Waals surface area (Å²) in [5.74, 6) is 0.126. The highest BCUT2D eigenvalue weighted by Gasteiger charge is 2.29. The SMILES string of the molecule is CCOC(=O)CCN(C(=O)C(CC)CC)C1CCCCC1. The number of carbonyl (C=O) groups excluding carboxylic acids is 2. The van der Waals surface area contributed by atoms with Crippen molar-refractivity contribution in [3.05, 3.63) is 0 Å². The van der Waals surface area contributed by atoms with E-state index in [-0.39, 0.29) is 17.8 Å². The van der Waals surface area contributed by atoms with E-state index in [4.69, 9.17) is 4.74 Å². The van der Waals surface area contributed by atoms with Gasteiger partial charge in [-0.1, -0.05) is 33.1 Å². The molecule has 0 bridgehead atoms. The minimum Gasteiger partial charge on any atom is -0.466 e. The fourth-order valence-corrected chi connectivity index (χ4v) is 3.18. The first-order valence-corrected chi connectivity index (χ1v) is 8.60. The molecule has 1 amide bonds. The molecule has 0 radical (unpaired) electrons. The molecule has 0 saturated heterocycles. The van der Waals surface area contributed by atoms with Crippen molar-refractivity contribution in [2.75, 3.05) is 13.2 Å². The van der Waals surface area contributed by atoms with Crippen molar-refractivity contribution in [3.63, 3.8) is 0 Å². The van der Waals surface area contributed by atoms with E-state index in [0.29, 0.717) is 25.6 Å². The molecule has 4 heteroatoms. The molecule has 4 nitrogen and oxygen atoms in total. The van der Waals surface area contributed by atoms with Gasteiger partial charge in [0.15, 0.2) is 0 Å². The van der Waals surface area contributed by atoms with Crippen molar-refractivity contribution < 1.29 is 14.3 Å². The molecule has 0 N–H and O–H groups in total. The third kappa shape index (κ3) is 5.68. The van der Waals surface area contributed by atoms with Crippen molar-refractivity contribution in [2.45, 2.75) is 78.2 Å². The first-order valence-electron chi connectivity index (χ1n) is 8.60. The predicted octanol–water partition coefficient (Wildman–Crippen LogP) is 3.54. The van der Waals surface area contributed by atoms with Gasteiger partial charge in [-0.25, -0.2) is 0 Å². The molecule has 0 spiro atoms. The zero-order valence-electron chi connectivity index (χ0n) is 13.9. The van der Waals surface area contributed by atoms with Gasteiger partial charge in [-0.05, 0) is 32.6 Å². The van der Waals surface area contributed by atoms with Gasteiger partial charge < -0.3 is 9.64 Å². The number of rotatable bonds is 8. The van der Waals surface area contributed by atoms with Gasteiger partial charge in [-0.3, -0.25) is 9.59 Å². The molecule has 21 heavy (non-hydrogen) atoms. The molecule has 1 aliphatic carbocycles. The van der Waals surface area contributed by atoms with Gasteiger partial charge in [-0.2, -0.15) is 0 Å². The van der Waals surface area contributed by atoms with E-state index in [1.165, 1.54) is 19.3 Å². The summed E-state index contributed by atoms with van der Waals surface area (Å²) in [7, 11) is 0. The summed E-state index contributed by atoms with van der Waals surface area (Å²) in [6, 6.07) is 0.321. The van der Waals surface area contributed by atoms with Crippen LogP contribution < -0.4 is 0 Å². The normalized spacial score (nSPS) is 16.0. The molecule has 0 aromatic rings. The number of hydrogen-bond acceptors (Lipinski definition) is 3. The quantitative estimate of drug-likeness (QED) is 0.644. The highest BCUT2D eigenvalue weighted by molar-refractivity contribution is 5.80. The molecule has 1 rings (SSSR count). The van der Waals surface area contributed by atoms with Gasteiger partial charge in [0.05, 0.1) is 13.0 Å². The Balaban J connectivity index is 2.68. The Kier molecular flexibility index (Phi) is 8.40. The summed E-state index contributed by atoms with van der Waals surface area (Å²) in [5, 5.41) is 0. The van der Waals surface area contributed by atoms with Gasteiger partial charge >= 0.3 is 5.97 Å². The maximum absolute atomic E-state index is 12.7. The Morgan fingerprint density at radius 3 is 2.24 bits per heavy atom. The van der Waals surface area contributed by atoms with Crippen LogP contribution in [0.3, 0.4) is 0 Å². The number of hydrogen-bond donors (Lipinski definition) is 0. The van der Waals surface area contributed by atoms with E-state index in [0.717, 1.165) is 25.7 Å². The maximum Gasteiger partial charge on any atom is 0.307 e. The Morgan fingerprint density at radius 1 is 1.10 bits per heavy atom. The van der Waals surface area contributed by atoms with Crippen LogP contribution >= 0.6 is 0 Å². The summed E-state index contributed by atoms with van der Waals surface area (Å²) in [6.45, 7) is 6.86. The fourth-order valence-electron chi connectivity index (χ4n) is 3.18. The summed E-state index contributed by atoms with van der Waals surface area (Å²) in [5.41, 5.74) is 0. The van der Waals surface area contributed by atoms with Crippen LogP contribution in [0.5, 0.6) is 0 Å². The van der Waals surface area contributed by atoms with Crippen molar-refractivity contribution in [1.29, 1.82) is 0 Å². The van der Waals surface area contributed by atoms with Crippen molar-refractivity contribution in [2.24, 2.45) is 5.92 Å². The molecular weight excluding hydrogens is 266 g/mol. The van der Waals surface area contributed by atoms with Crippen LogP contribution in [0.4, 0.5) is 0 Å². The molecule has 1 saturated carbocycles. The lowest BCUT2D eigenvalue weighted by Crippen LogP contribution is -2.45. The van der Waals surface area contributed by atoms with Crippen LogP contribution in [-0.2, 0) is 14.3 Å². The van der Waals surface area contributed by atoms with E-state index in [1.54, 1.807) is 0 Å². The van der Waals surface area contributed by atoms with Gasteiger partial charge in [0.25, 0.3) is 0 Å². The molecule has 0 aromatic carbocycles. The lowest BCUT2D eigenvalue weighted by atomic mass is 9.92. The van der Waals surface area contributed by atoms with Gasteiger partial charge in [0, 0.05) is 18.5 Å². The van der Waals surface area contributed by atoms with E-state index in [1.807, 2.05) is 11.8 Å². The second-order valence-corrected chi connectivity index (χ2v) is 5.89. The molecule has 122 valence electrons. The summed E-state index contributed by atoms with van der Waals surface area (Å²) >= 11 is 0. The highest BCUT2D eigenvalue weighted by atomic mass is 16.5. The van der Waals surface area contributed by atoms with Crippen molar-refractivity contribution in [3.8, 4) is 0 Å². The number of amides is 1. The third-order valence-corrected chi connectivity index (χ3v) is 4.50. The van der Waals surface area contributed by atoms with E-state index < -0.39 is 0 Å². The fraction of sp³-hybridized carbons (Fsp3) is 0.882. The molecule has 0 aliphatic heterocycles. The second kappa shape index (κ2) is 9.80. The van der Waals surface area contributed by atoms with Crippen LogP contribution in [0.15, 0.2) is 0 Å². The van der Waals surface area contributed by atoms with E-state index in [2.05, 4.69) is 13.8 Å². The zero-order valence-corrected chi connectivity index (χ0v) is 13.9. The molecular formula is C17H31NO3. The molecule has 0 aromatic heterocycles. The Morgan fingerprint density at radius 2 is 1.71 bits per heavy atom. The number of nitrogens with zero attached hydrogens (tertiary/aromatic N) is 1. The highest BCUT2D eigenvalue weighted by Crippen LogP contribution is 2.25. The first-order chi connectivity index (χ1) is 10.1. The largest absolute Gasteiger partial charge is 0.466 e. The third-order valence-electron chi connectivity index (χ3n) is 4.50. The number of carbonyl (C=O) groups is 2. The van der Waals surface area contributed by atoms with Crippen LogP contribution in [-0.4, -0.2) is 36.0 Å². The average molecular weight is 297 g/mol. The van der Waals surface area contributed by atoms with Gasteiger partial charge in [0.1, 0.15) is 0 Å². The first kappa shape index (κ1) is 18.0. The summed E-state index contributed by atoms with van der Waals surface area (Å²) in [4.78, 5) is 26.3. The van der Waals surface area contributed by atoms with Gasteiger partial charge in [0.2, 0.25) is 5.91 Å². The van der Waals surface area contributed by atoms with E-state index in [9.17, 15) is 9.59 Å². The standard InChI is InChI=1S/C17H31NO3/c1-4-14(5-2)17(20)18(13-12-16(19)21-6-3)15-10-8-7-9-11-15/h14-15H,4-13H2,1-3H3. The maximum atomic E-state index is 12.7. The average Bonchev–Trinajstić information content (AvgIpc) is 2.50. The van der Waals surface area contributed by atoms with Crippen LogP contribution in [0, 0.1) is 5.92 Å². The number of esters is 1. The van der Waals surface area contributed by atoms with Crippen LogP contribution in [0.2, 0.25) is 0 Å². The van der Waals surface area contributed by atoms with Crippen LogP contribution in [0.25, 0.3) is 0 Å². The number of ether oxygens (including phenoxy) is 1. The monoisotopic (exact) mass is 297 g/mol. The summed E-state index contributed by atoms with van der Waals surface area (Å²) in [6.07, 6.45) is 7.87. The predicted molar refractivity (Wildman–Crippen MR) is 83.9 cm³/mol. The van der Waals surface area contributed by atoms with Crippen molar-refractivity contribution >= 4 is 11.9 Å². The Labute approximate surface area is 129 Å². The molecule has 0 atom stereocenters. The van der Waals surface area contributed by atoms with Crippen molar-refractivity contribution in [1.82, 2.24) is 4.90 Å². The smallest absolute Gasteiger partial charge is 0.307 e. The van der Waals surface area contributed by atoms with E-state index >= 15 is 0 Å². The minimum absolute atomic E-state index is 0.0918. The Hall–Kier alpha value is -1.06. The summed E-state index contributed by atoms with van der Waals surface area (Å²) < 4.78 is 5.00. The molecule has 1 aliphatic rings. The topological polar surface area (TPSA) is 46.6 Å². The lowest BCUT2D eigenvalue weighted by molar-refractivity contribution is -0.145. The minimum atomic E-state index is -0.198. The molecule has 0 heterocycles. The Bertz CT molecular complexity index is 320. The molecule has 0 unspecified atom stereocenters. The zero-order chi connectivity index (χ0) is 15.7. The van der Waals surface area contributed by atoms with Crippen LogP contribution in [0.1, 0.15) is 72.1 Å².